The maximum absolute atomic E-state index is 11.6. The second kappa shape index (κ2) is 39.0. The van der Waals surface area contributed by atoms with E-state index < -0.39 is 60.8 Å². The van der Waals surface area contributed by atoms with E-state index in [0.29, 0.717) is 19.6 Å². The first-order valence-electron chi connectivity index (χ1n) is 17.4. The Balaban J connectivity index is -0.000000131. The number of esters is 2. The number of alkyl halides is 1. The molecule has 300 valence electrons. The van der Waals surface area contributed by atoms with Crippen molar-refractivity contribution in [1.82, 2.24) is 0 Å². The number of carboxylic acids is 1. The summed E-state index contributed by atoms with van der Waals surface area (Å²) in [4.78, 5) is 54.1. The summed E-state index contributed by atoms with van der Waals surface area (Å²) in [5.41, 5.74) is -3.41. The second-order valence-electron chi connectivity index (χ2n) is 12.1. The first-order chi connectivity index (χ1) is 23.5. The Morgan fingerprint density at radius 3 is 1.51 bits per heavy atom. The van der Waals surface area contributed by atoms with Gasteiger partial charge in [-0.3, -0.25) is 14.4 Å². The minimum atomic E-state index is -1.39. The summed E-state index contributed by atoms with van der Waals surface area (Å²) >= 11 is 3.31. The van der Waals surface area contributed by atoms with Crippen molar-refractivity contribution >= 4 is 45.8 Å². The molecule has 0 aromatic heterocycles. The Morgan fingerprint density at radius 1 is 0.804 bits per heavy atom. The number of unbranched alkanes of at least 4 members (excludes halogenated alkanes) is 4. The van der Waals surface area contributed by atoms with Crippen LogP contribution in [0.4, 0.5) is 4.79 Å². The molecule has 17 heteroatoms. The number of halogens is 1. The van der Waals surface area contributed by atoms with E-state index >= 15 is 0 Å². The number of aliphatic carboxylic acids is 1. The molecule has 0 unspecified atom stereocenters. The molecule has 1 fully saturated rings. The Bertz CT molecular complexity index is 892. The van der Waals surface area contributed by atoms with E-state index in [9.17, 15) is 24.0 Å². The van der Waals surface area contributed by atoms with Crippen molar-refractivity contribution in [2.24, 2.45) is 16.2 Å². The SMILES string of the molecule is CC(CO)(CO)C(=O)O.CCCCBr.CCCCOC(=O)C(C)(CO)CO.CCCCOC(=O)C1(C)COC(=O)OC1.[3H]CC(=O)CCCC.[K+].[OH-]. The number of rotatable bonds is 18. The molecular formula is C34H66BrKO15. The van der Waals surface area contributed by atoms with E-state index in [-0.39, 0.29) is 88.7 Å². The molecule has 1 rings (SSSR count). The van der Waals surface area contributed by atoms with Gasteiger partial charge in [0.25, 0.3) is 0 Å². The van der Waals surface area contributed by atoms with Gasteiger partial charge < -0.3 is 54.8 Å². The molecule has 0 radical (unpaired) electrons. The molecule has 0 bridgehead atoms. The number of aliphatic hydroxyl groups is 4. The van der Waals surface area contributed by atoms with Crippen molar-refractivity contribution in [1.29, 1.82) is 0 Å². The van der Waals surface area contributed by atoms with Crippen LogP contribution in [0.1, 0.15) is 115 Å². The molecule has 51 heavy (non-hydrogen) atoms. The van der Waals surface area contributed by atoms with Crippen molar-refractivity contribution in [3.05, 3.63) is 0 Å². The van der Waals surface area contributed by atoms with E-state index in [2.05, 4.69) is 32.3 Å². The standard InChI is InChI=1S/C10H16O5.C9H18O4.C6H12O.C5H10O4.C4H9Br.K.H2O/c1-3-4-5-13-8(11)10(2)6-14-9(12)15-7-10;1-3-4-5-13-8(12)9(2,6-10)7-11;1-3-4-5-6(2)7;1-5(2-6,3-7)4(8)9;1-2-3-4-5;;/h3-7H2,1-2H3;10-11H,3-7H2,1-2H3;3-5H2,1-2H3;6-7H,2-3H2,1H3,(H,8,9);2-4H2,1H3;;1H2/q;;;;;+1;/p-1/i;;2T;;;;. The smallest absolute Gasteiger partial charge is 0.870 e. The summed E-state index contributed by atoms with van der Waals surface area (Å²) in [5, 5.41) is 44.0. The van der Waals surface area contributed by atoms with Gasteiger partial charge in [-0.2, -0.15) is 0 Å². The van der Waals surface area contributed by atoms with Gasteiger partial charge in [0, 0.05) is 13.1 Å². The van der Waals surface area contributed by atoms with Crippen molar-refractivity contribution in [3.8, 4) is 0 Å². The third-order valence-electron chi connectivity index (χ3n) is 6.67. The van der Waals surface area contributed by atoms with Gasteiger partial charge in [0.05, 0.1) is 39.6 Å². The Hall–Kier alpha value is -0.734. The van der Waals surface area contributed by atoms with E-state index in [4.69, 9.17) is 36.4 Å². The summed E-state index contributed by atoms with van der Waals surface area (Å²) < 4.78 is 25.9. The van der Waals surface area contributed by atoms with Crippen LogP contribution in [-0.2, 0) is 38.1 Å². The molecule has 15 nitrogen and oxygen atoms in total. The molecule has 0 aromatic carbocycles. The van der Waals surface area contributed by atoms with Gasteiger partial charge in [-0.1, -0.05) is 69.3 Å². The van der Waals surface area contributed by atoms with Gasteiger partial charge in [-0.25, -0.2) is 4.79 Å². The van der Waals surface area contributed by atoms with Crippen LogP contribution in [0.2, 0.25) is 0 Å². The van der Waals surface area contributed by atoms with Crippen LogP contribution in [0.15, 0.2) is 0 Å². The number of aliphatic hydroxyl groups excluding tert-OH is 4. The number of ketones is 1. The normalized spacial score (nSPS) is 12.8. The predicted molar refractivity (Wildman–Crippen MR) is 190 cm³/mol. The maximum Gasteiger partial charge on any atom is 1.00 e. The molecule has 1 heterocycles. The minimum absolute atomic E-state index is 0. The molecule has 0 atom stereocenters. The molecule has 0 amide bonds. The van der Waals surface area contributed by atoms with Gasteiger partial charge in [-0.15, -0.1) is 0 Å². The summed E-state index contributed by atoms with van der Waals surface area (Å²) in [7, 11) is 0. The Labute approximate surface area is 357 Å². The fraction of sp³-hybridized carbons (Fsp3) is 0.853. The van der Waals surface area contributed by atoms with Gasteiger partial charge >= 0.3 is 75.4 Å². The van der Waals surface area contributed by atoms with Crippen LogP contribution in [0.5, 0.6) is 0 Å². The van der Waals surface area contributed by atoms with E-state index in [0.717, 1.165) is 43.9 Å². The van der Waals surface area contributed by atoms with Crippen LogP contribution in [0.25, 0.3) is 0 Å². The van der Waals surface area contributed by atoms with Crippen molar-refractivity contribution < 1.29 is 127 Å². The quantitative estimate of drug-likeness (QED) is 0.0433. The third-order valence-corrected chi connectivity index (χ3v) is 7.23. The minimum Gasteiger partial charge on any atom is -0.870 e. The van der Waals surface area contributed by atoms with Crippen LogP contribution in [0, 0.1) is 16.2 Å². The summed E-state index contributed by atoms with van der Waals surface area (Å²) in [6.07, 6.45) is 8.02. The molecule has 1 aliphatic rings. The zero-order valence-corrected chi connectivity index (χ0v) is 36.9. The molecule has 0 aromatic rings. The largest absolute Gasteiger partial charge is 1.00 e. The topological polar surface area (TPSA) is 253 Å². The van der Waals surface area contributed by atoms with E-state index in [1.807, 2.05) is 20.8 Å². The fourth-order valence-electron chi connectivity index (χ4n) is 2.48. The van der Waals surface area contributed by atoms with Gasteiger partial charge in [0.1, 0.15) is 35.2 Å². The average molecular weight is 836 g/mol. The molecule has 0 aliphatic carbocycles. The van der Waals surface area contributed by atoms with Gasteiger partial charge in [0.15, 0.2) is 0 Å². The number of Topliss-reactive ketones (excluding diaryl/α,β-unsaturated/α-hetero) is 1. The van der Waals surface area contributed by atoms with Crippen molar-refractivity contribution in [2.45, 2.75) is 113 Å². The fourth-order valence-corrected chi connectivity index (χ4v) is 3.04. The van der Waals surface area contributed by atoms with Crippen LogP contribution >= 0.6 is 15.9 Å². The number of carboxylic acid groups (broad SMARTS) is 1. The van der Waals surface area contributed by atoms with Gasteiger partial charge in [-0.05, 0) is 53.4 Å². The Kier molecular flexibility index (Phi) is 45.5. The van der Waals surface area contributed by atoms with Crippen LogP contribution < -0.4 is 51.4 Å². The molecular weight excluding hydrogens is 767 g/mol. The summed E-state index contributed by atoms with van der Waals surface area (Å²) in [6, 6.07) is 0. The number of cyclic esters (lactones) is 2. The Morgan fingerprint density at radius 2 is 1.22 bits per heavy atom. The molecule has 1 aliphatic heterocycles. The zero-order chi connectivity index (χ0) is 39.7. The molecule has 0 spiro atoms. The molecule has 1 saturated heterocycles. The van der Waals surface area contributed by atoms with Crippen molar-refractivity contribution in [3.63, 3.8) is 0 Å². The zero-order valence-electron chi connectivity index (χ0n) is 33.2. The molecule has 6 N–H and O–H groups in total. The number of hydrogen-bond donors (Lipinski definition) is 5. The number of hydrogen-bond acceptors (Lipinski definition) is 14. The summed E-state index contributed by atoms with van der Waals surface area (Å²) in [6.45, 7) is 11.5. The number of ether oxygens (including phenoxy) is 4. The predicted octanol–water partition coefficient (Wildman–Crippen LogP) is 1.66. The van der Waals surface area contributed by atoms with Crippen LogP contribution in [0.3, 0.4) is 0 Å². The summed E-state index contributed by atoms with van der Waals surface area (Å²) in [5.74, 6) is -2.03. The van der Waals surface area contributed by atoms with Crippen LogP contribution in [-0.4, -0.2) is 119 Å². The molecule has 0 saturated carbocycles. The first-order valence-corrected chi connectivity index (χ1v) is 17.8. The second-order valence-corrected chi connectivity index (χ2v) is 12.9. The van der Waals surface area contributed by atoms with Gasteiger partial charge in [0.2, 0.25) is 0 Å². The van der Waals surface area contributed by atoms with E-state index in [1.54, 1.807) is 6.92 Å². The maximum atomic E-state index is 11.6. The number of carbonyl (C=O) groups excluding carboxylic acids is 4. The first kappa shape index (κ1) is 59.5. The van der Waals surface area contributed by atoms with Crippen molar-refractivity contribution in [2.75, 3.05) is 58.2 Å². The van der Waals surface area contributed by atoms with E-state index in [1.165, 1.54) is 26.7 Å². The number of carbonyl (C=O) groups is 5. The third kappa shape index (κ3) is 33.6. The monoisotopic (exact) mass is 834 g/mol. The average Bonchev–Trinajstić information content (AvgIpc) is 3.12.